The molecule has 0 fully saturated rings. The smallest absolute Gasteiger partial charge is 0.0991 e. The Morgan fingerprint density at radius 2 is 2.06 bits per heavy atom. The highest BCUT2D eigenvalue weighted by Crippen LogP contribution is 2.17. The topological polar surface area (TPSA) is 35.8 Å². The maximum atomic E-state index is 8.77. The number of nitrogens with zero attached hydrogens (tertiary/aromatic N) is 1. The summed E-state index contributed by atoms with van der Waals surface area (Å²) in [5.74, 6) is 0. The molecule has 86 valence electrons. The van der Waals surface area contributed by atoms with E-state index in [4.69, 9.17) is 5.26 Å². The minimum Gasteiger partial charge on any atom is -0.313 e. The summed E-state index contributed by atoms with van der Waals surface area (Å²) in [4.78, 5) is 0. The molecule has 2 nitrogen and oxygen atoms in total. The zero-order valence-corrected chi connectivity index (χ0v) is 10.4. The number of nitrogens with one attached hydrogen (secondary N) is 1. The van der Waals surface area contributed by atoms with Crippen LogP contribution in [0.2, 0.25) is 0 Å². The second kappa shape index (κ2) is 5.67. The average molecular weight is 216 g/mol. The summed E-state index contributed by atoms with van der Waals surface area (Å²) in [6, 6.07) is 9.90. The minimum absolute atomic E-state index is 0.376. The van der Waals surface area contributed by atoms with Crippen molar-refractivity contribution in [3.63, 3.8) is 0 Å². The number of nitriles is 1. The number of benzene rings is 1. The van der Waals surface area contributed by atoms with Crippen LogP contribution in [0, 0.1) is 16.7 Å². The maximum absolute atomic E-state index is 8.77. The van der Waals surface area contributed by atoms with Crippen molar-refractivity contribution in [3.05, 3.63) is 35.4 Å². The summed E-state index contributed by atoms with van der Waals surface area (Å²) in [5.41, 5.74) is 2.28. The van der Waals surface area contributed by atoms with E-state index in [2.05, 4.69) is 32.2 Å². The fourth-order valence-corrected chi connectivity index (χ4v) is 1.45. The Morgan fingerprint density at radius 1 is 1.31 bits per heavy atom. The molecule has 0 radical (unpaired) electrons. The van der Waals surface area contributed by atoms with Crippen LogP contribution >= 0.6 is 0 Å². The van der Waals surface area contributed by atoms with Crippen molar-refractivity contribution < 1.29 is 0 Å². The lowest BCUT2D eigenvalue weighted by atomic mass is 9.92. The normalized spacial score (nSPS) is 11.1. The molecule has 0 aliphatic heterocycles. The summed E-state index contributed by atoms with van der Waals surface area (Å²) in [6.07, 6.45) is 1.16. The van der Waals surface area contributed by atoms with E-state index in [0.717, 1.165) is 25.1 Å². The van der Waals surface area contributed by atoms with Crippen molar-refractivity contribution >= 4 is 0 Å². The van der Waals surface area contributed by atoms with E-state index in [1.165, 1.54) is 5.56 Å². The van der Waals surface area contributed by atoms with Gasteiger partial charge in [0.25, 0.3) is 0 Å². The molecule has 1 aromatic rings. The molecule has 0 aliphatic rings. The minimum atomic E-state index is 0.376. The van der Waals surface area contributed by atoms with Gasteiger partial charge < -0.3 is 5.32 Å². The van der Waals surface area contributed by atoms with Crippen molar-refractivity contribution in [2.45, 2.75) is 33.7 Å². The lowest BCUT2D eigenvalue weighted by Gasteiger charge is -2.18. The van der Waals surface area contributed by atoms with Gasteiger partial charge in [-0.25, -0.2) is 0 Å². The molecule has 0 spiro atoms. The van der Waals surface area contributed by atoms with Gasteiger partial charge >= 0.3 is 0 Å². The quantitative estimate of drug-likeness (QED) is 0.785. The molecule has 2 heteroatoms. The molecule has 1 aromatic carbocycles. The van der Waals surface area contributed by atoms with Crippen LogP contribution in [0.25, 0.3) is 0 Å². The Balaban J connectivity index is 2.35. The molecule has 0 saturated heterocycles. The fraction of sp³-hybridized carbons (Fsp3) is 0.500. The van der Waals surface area contributed by atoms with Gasteiger partial charge in [0.1, 0.15) is 0 Å². The van der Waals surface area contributed by atoms with E-state index < -0.39 is 0 Å². The third-order valence-corrected chi connectivity index (χ3v) is 2.44. The van der Waals surface area contributed by atoms with Crippen molar-refractivity contribution in [1.29, 1.82) is 5.26 Å². The molecule has 0 unspecified atom stereocenters. The Kier molecular flexibility index (Phi) is 4.52. The zero-order chi connectivity index (χ0) is 12.0. The summed E-state index contributed by atoms with van der Waals surface area (Å²) in [5, 5.41) is 12.2. The monoisotopic (exact) mass is 216 g/mol. The highest BCUT2D eigenvalue weighted by Gasteiger charge is 2.08. The first kappa shape index (κ1) is 12.7. The van der Waals surface area contributed by atoms with Crippen LogP contribution in [0.15, 0.2) is 24.3 Å². The van der Waals surface area contributed by atoms with Gasteiger partial charge in [0.05, 0.1) is 11.6 Å². The Bertz CT molecular complexity index is 369. The summed E-state index contributed by atoms with van der Waals surface area (Å²) < 4.78 is 0. The van der Waals surface area contributed by atoms with Gasteiger partial charge in [0.2, 0.25) is 0 Å². The summed E-state index contributed by atoms with van der Waals surface area (Å²) >= 11 is 0. The SMILES string of the molecule is CC(C)(C)CCNCc1cccc(C#N)c1. The largest absolute Gasteiger partial charge is 0.313 e. The fourth-order valence-electron chi connectivity index (χ4n) is 1.45. The van der Waals surface area contributed by atoms with Gasteiger partial charge in [0, 0.05) is 6.54 Å². The third-order valence-electron chi connectivity index (χ3n) is 2.44. The molecule has 0 bridgehead atoms. The maximum Gasteiger partial charge on any atom is 0.0991 e. The lowest BCUT2D eigenvalue weighted by molar-refractivity contribution is 0.366. The third kappa shape index (κ3) is 4.95. The average Bonchev–Trinajstić information content (AvgIpc) is 2.23. The van der Waals surface area contributed by atoms with Gasteiger partial charge in [-0.15, -0.1) is 0 Å². The van der Waals surface area contributed by atoms with E-state index in [-0.39, 0.29) is 0 Å². The predicted molar refractivity (Wildman–Crippen MR) is 66.9 cm³/mol. The molecule has 0 atom stereocenters. The van der Waals surface area contributed by atoms with Crippen LogP contribution in [0.3, 0.4) is 0 Å². The predicted octanol–water partition coefficient (Wildman–Crippen LogP) is 3.08. The first-order chi connectivity index (χ1) is 7.51. The molecular weight excluding hydrogens is 196 g/mol. The summed E-state index contributed by atoms with van der Waals surface area (Å²) in [6.45, 7) is 8.58. The van der Waals surface area contributed by atoms with Crippen molar-refractivity contribution in [1.82, 2.24) is 5.32 Å². The Labute approximate surface area is 98.3 Å². The van der Waals surface area contributed by atoms with Crippen LogP contribution in [0.1, 0.15) is 38.3 Å². The van der Waals surface area contributed by atoms with Crippen molar-refractivity contribution in [2.75, 3.05) is 6.54 Å². The lowest BCUT2D eigenvalue weighted by Crippen LogP contribution is -2.20. The number of hydrogen-bond acceptors (Lipinski definition) is 2. The van der Waals surface area contributed by atoms with Crippen LogP contribution in [-0.2, 0) is 6.54 Å². The van der Waals surface area contributed by atoms with Crippen LogP contribution in [-0.4, -0.2) is 6.54 Å². The number of hydrogen-bond donors (Lipinski definition) is 1. The highest BCUT2D eigenvalue weighted by atomic mass is 14.8. The van der Waals surface area contributed by atoms with E-state index >= 15 is 0 Å². The molecule has 1 rings (SSSR count). The second-order valence-electron chi connectivity index (χ2n) is 5.30. The van der Waals surface area contributed by atoms with E-state index in [0.29, 0.717) is 5.41 Å². The Hall–Kier alpha value is -1.33. The van der Waals surface area contributed by atoms with E-state index in [1.807, 2.05) is 24.3 Å². The zero-order valence-electron chi connectivity index (χ0n) is 10.4. The van der Waals surface area contributed by atoms with Gasteiger partial charge in [0.15, 0.2) is 0 Å². The first-order valence-corrected chi connectivity index (χ1v) is 5.71. The van der Waals surface area contributed by atoms with Gasteiger partial charge in [-0.3, -0.25) is 0 Å². The van der Waals surface area contributed by atoms with Crippen LogP contribution in [0.5, 0.6) is 0 Å². The van der Waals surface area contributed by atoms with Crippen LogP contribution < -0.4 is 5.32 Å². The molecule has 0 aliphatic carbocycles. The molecule has 0 saturated carbocycles. The molecule has 0 heterocycles. The van der Waals surface area contributed by atoms with Crippen molar-refractivity contribution in [3.8, 4) is 6.07 Å². The van der Waals surface area contributed by atoms with Gasteiger partial charge in [-0.2, -0.15) is 5.26 Å². The Morgan fingerprint density at radius 3 is 2.69 bits per heavy atom. The first-order valence-electron chi connectivity index (χ1n) is 5.71. The standard InChI is InChI=1S/C14H20N2/c1-14(2,3)7-8-16-11-13-6-4-5-12(9-13)10-15/h4-6,9,16H,7-8,11H2,1-3H3. The molecular formula is C14H20N2. The van der Waals surface area contributed by atoms with Crippen molar-refractivity contribution in [2.24, 2.45) is 5.41 Å². The second-order valence-corrected chi connectivity index (χ2v) is 5.30. The van der Waals surface area contributed by atoms with Gasteiger partial charge in [-0.05, 0) is 36.1 Å². The molecule has 0 aromatic heterocycles. The summed E-state index contributed by atoms with van der Waals surface area (Å²) in [7, 11) is 0. The molecule has 0 amide bonds. The van der Waals surface area contributed by atoms with Gasteiger partial charge in [-0.1, -0.05) is 32.9 Å². The van der Waals surface area contributed by atoms with Crippen LogP contribution in [0.4, 0.5) is 0 Å². The molecule has 16 heavy (non-hydrogen) atoms. The number of rotatable bonds is 4. The van der Waals surface area contributed by atoms with E-state index in [9.17, 15) is 0 Å². The highest BCUT2D eigenvalue weighted by molar-refractivity contribution is 5.32. The van der Waals surface area contributed by atoms with E-state index in [1.54, 1.807) is 0 Å². The molecule has 1 N–H and O–H groups in total.